The van der Waals surface area contributed by atoms with Gasteiger partial charge >= 0.3 is 0 Å². The molecule has 5 nitrogen and oxygen atoms in total. The topological polar surface area (TPSA) is 80.3 Å². The van der Waals surface area contributed by atoms with Crippen LogP contribution in [0.5, 0.6) is 0 Å². The summed E-state index contributed by atoms with van der Waals surface area (Å²) in [5, 5.41) is 0.466. The largest absolute Gasteiger partial charge is 0.280 e. The molecule has 21 heavy (non-hydrogen) atoms. The van der Waals surface area contributed by atoms with Gasteiger partial charge in [0.25, 0.3) is 19.1 Å². The monoisotopic (exact) mass is 365 g/mol. The molecule has 0 saturated carbocycles. The first-order chi connectivity index (χ1) is 9.68. The van der Waals surface area contributed by atoms with E-state index in [0.717, 1.165) is 6.07 Å². The minimum Gasteiger partial charge on any atom is -0.280 e. The predicted octanol–water partition coefficient (Wildman–Crippen LogP) is 3.07. The molecule has 2 aromatic rings. The van der Waals surface area contributed by atoms with Gasteiger partial charge < -0.3 is 0 Å². The zero-order valence-electron chi connectivity index (χ0n) is 10.3. The fourth-order valence-corrected chi connectivity index (χ4v) is 3.63. The lowest BCUT2D eigenvalue weighted by molar-refractivity contribution is 0.600. The Hall–Kier alpha value is -1.28. The average molecular weight is 366 g/mol. The molecular weight excluding hydrogens is 357 g/mol. The van der Waals surface area contributed by atoms with E-state index in [9.17, 15) is 16.8 Å². The van der Waals surface area contributed by atoms with Crippen molar-refractivity contribution in [1.29, 1.82) is 0 Å². The Morgan fingerprint density at radius 2 is 1.43 bits per heavy atom. The van der Waals surface area contributed by atoms with Gasteiger partial charge in [-0.1, -0.05) is 17.7 Å². The molecule has 2 rings (SSSR count). The maximum absolute atomic E-state index is 12.2. The molecule has 2 aromatic carbocycles. The second-order valence-corrected chi connectivity index (χ2v) is 8.71. The minimum atomic E-state index is -4.00. The van der Waals surface area contributed by atoms with Gasteiger partial charge in [-0.15, -0.1) is 0 Å². The lowest BCUT2D eigenvalue weighted by Crippen LogP contribution is -2.13. The number of hydrogen-bond donors (Lipinski definition) is 1. The van der Waals surface area contributed by atoms with Crippen LogP contribution in [0.2, 0.25) is 5.02 Å². The zero-order valence-corrected chi connectivity index (χ0v) is 13.5. The van der Waals surface area contributed by atoms with Crippen molar-refractivity contribution in [3.05, 3.63) is 53.6 Å². The summed E-state index contributed by atoms with van der Waals surface area (Å²) in [6.45, 7) is 0. The first-order valence-electron chi connectivity index (χ1n) is 5.52. The Morgan fingerprint density at radius 3 is 2.00 bits per heavy atom. The zero-order chi connectivity index (χ0) is 15.7. The molecule has 0 unspecified atom stereocenters. The molecule has 0 heterocycles. The molecule has 0 bridgehead atoms. The molecular formula is C12H9Cl2NO4S2. The predicted molar refractivity (Wildman–Crippen MR) is 81.7 cm³/mol. The number of hydrogen-bond acceptors (Lipinski definition) is 4. The summed E-state index contributed by atoms with van der Waals surface area (Å²) in [4.78, 5) is -0.498. The van der Waals surface area contributed by atoms with E-state index in [1.54, 1.807) is 0 Å². The fraction of sp³-hybridized carbons (Fsp3) is 0. The van der Waals surface area contributed by atoms with E-state index in [1.165, 1.54) is 42.5 Å². The van der Waals surface area contributed by atoms with Crippen LogP contribution in [-0.2, 0) is 19.1 Å². The van der Waals surface area contributed by atoms with E-state index >= 15 is 0 Å². The second kappa shape index (κ2) is 5.84. The molecule has 0 spiro atoms. The van der Waals surface area contributed by atoms with Gasteiger partial charge in [0.15, 0.2) is 0 Å². The van der Waals surface area contributed by atoms with Crippen LogP contribution in [-0.4, -0.2) is 16.8 Å². The Bertz CT molecular complexity index is 862. The van der Waals surface area contributed by atoms with Crippen LogP contribution in [0.1, 0.15) is 0 Å². The van der Waals surface area contributed by atoms with Gasteiger partial charge in [0.1, 0.15) is 0 Å². The molecule has 0 fully saturated rings. The van der Waals surface area contributed by atoms with Crippen molar-refractivity contribution in [2.24, 2.45) is 0 Å². The quantitative estimate of drug-likeness (QED) is 0.844. The van der Waals surface area contributed by atoms with Crippen LogP contribution in [0.15, 0.2) is 58.3 Å². The van der Waals surface area contributed by atoms with Crippen molar-refractivity contribution in [2.45, 2.75) is 9.79 Å². The summed E-state index contributed by atoms with van der Waals surface area (Å²) in [6, 6.07) is 10.8. The van der Waals surface area contributed by atoms with Crippen LogP contribution in [0.25, 0.3) is 0 Å². The van der Waals surface area contributed by atoms with Crippen molar-refractivity contribution < 1.29 is 16.8 Å². The normalized spacial score (nSPS) is 12.1. The van der Waals surface area contributed by atoms with Crippen molar-refractivity contribution in [2.75, 3.05) is 4.72 Å². The van der Waals surface area contributed by atoms with Crippen LogP contribution < -0.4 is 4.72 Å². The van der Waals surface area contributed by atoms with E-state index in [0.29, 0.717) is 10.7 Å². The van der Waals surface area contributed by atoms with Crippen LogP contribution in [0.4, 0.5) is 5.69 Å². The number of rotatable bonds is 4. The highest BCUT2D eigenvalue weighted by Crippen LogP contribution is 2.22. The highest BCUT2D eigenvalue weighted by atomic mass is 35.7. The van der Waals surface area contributed by atoms with E-state index in [1.807, 2.05) is 0 Å². The van der Waals surface area contributed by atoms with E-state index in [-0.39, 0.29) is 9.79 Å². The molecule has 0 aliphatic rings. The molecule has 0 amide bonds. The lowest BCUT2D eigenvalue weighted by Gasteiger charge is -2.08. The van der Waals surface area contributed by atoms with Crippen molar-refractivity contribution >= 4 is 47.0 Å². The van der Waals surface area contributed by atoms with Gasteiger partial charge in [-0.25, -0.2) is 16.8 Å². The van der Waals surface area contributed by atoms with Crippen molar-refractivity contribution in [3.63, 3.8) is 0 Å². The van der Waals surface area contributed by atoms with Gasteiger partial charge in [0.2, 0.25) is 0 Å². The third kappa shape index (κ3) is 4.10. The standard InChI is InChI=1S/C12H9Cl2NO4S2/c13-9-4-6-10(7-5-9)15-21(18,19)12-3-1-2-11(8-12)20(14,16)17/h1-8,15H. The number of nitrogens with one attached hydrogen (secondary N) is 1. The minimum absolute atomic E-state index is 0.209. The van der Waals surface area contributed by atoms with E-state index < -0.39 is 19.1 Å². The number of anilines is 1. The van der Waals surface area contributed by atoms with Gasteiger partial charge in [0.05, 0.1) is 9.79 Å². The van der Waals surface area contributed by atoms with Gasteiger partial charge in [-0.3, -0.25) is 4.72 Å². The summed E-state index contributed by atoms with van der Waals surface area (Å²) < 4.78 is 49.2. The second-order valence-electron chi connectivity index (χ2n) is 4.03. The van der Waals surface area contributed by atoms with Crippen molar-refractivity contribution in [3.8, 4) is 0 Å². The molecule has 0 atom stereocenters. The van der Waals surface area contributed by atoms with Crippen LogP contribution in [0.3, 0.4) is 0 Å². The summed E-state index contributed by atoms with van der Waals surface area (Å²) >= 11 is 5.71. The van der Waals surface area contributed by atoms with Crippen LogP contribution >= 0.6 is 22.3 Å². The molecule has 9 heteroatoms. The average Bonchev–Trinajstić information content (AvgIpc) is 2.40. The lowest BCUT2D eigenvalue weighted by atomic mass is 10.3. The third-order valence-electron chi connectivity index (χ3n) is 2.49. The van der Waals surface area contributed by atoms with E-state index in [2.05, 4.69) is 4.72 Å². The molecule has 0 radical (unpaired) electrons. The Labute approximate surface area is 132 Å². The van der Waals surface area contributed by atoms with Gasteiger partial charge in [-0.05, 0) is 42.5 Å². The summed E-state index contributed by atoms with van der Waals surface area (Å²) in [6.07, 6.45) is 0. The van der Waals surface area contributed by atoms with E-state index in [4.69, 9.17) is 22.3 Å². The third-order valence-corrected chi connectivity index (χ3v) is 5.48. The molecule has 0 aliphatic carbocycles. The summed E-state index contributed by atoms with van der Waals surface area (Å²) in [7, 11) is -2.73. The SMILES string of the molecule is O=S(=O)(Cl)c1cccc(S(=O)(=O)Nc2ccc(Cl)cc2)c1. The maximum atomic E-state index is 12.2. The summed E-state index contributed by atoms with van der Waals surface area (Å²) in [5.74, 6) is 0. The van der Waals surface area contributed by atoms with Crippen LogP contribution in [0, 0.1) is 0 Å². The molecule has 1 N–H and O–H groups in total. The first-order valence-corrected chi connectivity index (χ1v) is 9.69. The van der Waals surface area contributed by atoms with Crippen molar-refractivity contribution in [1.82, 2.24) is 0 Å². The molecule has 0 aliphatic heterocycles. The number of benzene rings is 2. The molecule has 0 aromatic heterocycles. The fourth-order valence-electron chi connectivity index (χ4n) is 1.53. The molecule has 112 valence electrons. The Balaban J connectivity index is 2.38. The maximum Gasteiger partial charge on any atom is 0.261 e. The number of halogens is 2. The molecule has 0 saturated heterocycles. The highest BCUT2D eigenvalue weighted by molar-refractivity contribution is 8.13. The summed E-state index contributed by atoms with van der Waals surface area (Å²) in [5.41, 5.74) is 0.304. The Morgan fingerprint density at radius 1 is 0.857 bits per heavy atom. The Kier molecular flexibility index (Phi) is 4.48. The number of sulfonamides is 1. The first kappa shape index (κ1) is 16.1. The van der Waals surface area contributed by atoms with Gasteiger partial charge in [-0.2, -0.15) is 0 Å². The highest BCUT2D eigenvalue weighted by Gasteiger charge is 2.18. The smallest absolute Gasteiger partial charge is 0.261 e. The van der Waals surface area contributed by atoms with Gasteiger partial charge in [0, 0.05) is 21.4 Å².